The first-order valence-corrected chi connectivity index (χ1v) is 5.28. The van der Waals surface area contributed by atoms with E-state index in [4.69, 9.17) is 4.74 Å². The van der Waals surface area contributed by atoms with Gasteiger partial charge in [0.05, 0.1) is 7.11 Å². The predicted molar refractivity (Wildman–Crippen MR) is 65.8 cm³/mol. The number of hydrogen-bond acceptors (Lipinski definition) is 3. The highest BCUT2D eigenvalue weighted by atomic mass is 16.5. The average molecular weight is 222 g/mol. The van der Waals surface area contributed by atoms with E-state index in [-0.39, 0.29) is 5.43 Å². The van der Waals surface area contributed by atoms with Crippen molar-refractivity contribution in [3.05, 3.63) is 34.3 Å². The van der Waals surface area contributed by atoms with Crippen molar-refractivity contribution in [2.75, 3.05) is 14.2 Å². The van der Waals surface area contributed by atoms with Crippen LogP contribution in [0.4, 0.5) is 0 Å². The van der Waals surface area contributed by atoms with Crippen LogP contribution in [0.25, 0.3) is 6.08 Å². The maximum atomic E-state index is 11.7. The Morgan fingerprint density at radius 2 is 2.31 bits per heavy atom. The summed E-state index contributed by atoms with van der Waals surface area (Å²) in [6.07, 6.45) is 7.90. The topological polar surface area (TPSA) is 54.1 Å². The van der Waals surface area contributed by atoms with E-state index in [0.29, 0.717) is 17.4 Å². The minimum atomic E-state index is -0.0883. The number of aromatic amines is 1. The van der Waals surface area contributed by atoms with Crippen molar-refractivity contribution in [2.45, 2.75) is 19.4 Å². The number of hydrogen-bond donors (Lipinski definition) is 2. The van der Waals surface area contributed by atoms with Crippen LogP contribution in [0.15, 0.2) is 23.3 Å². The van der Waals surface area contributed by atoms with Crippen LogP contribution in [-0.4, -0.2) is 25.2 Å². The lowest BCUT2D eigenvalue weighted by atomic mass is 10.2. The van der Waals surface area contributed by atoms with E-state index >= 15 is 0 Å². The third-order valence-corrected chi connectivity index (χ3v) is 2.44. The first-order chi connectivity index (χ1) is 7.69. The molecule has 16 heavy (non-hydrogen) atoms. The number of methoxy groups -OCH3 is 1. The maximum absolute atomic E-state index is 11.7. The van der Waals surface area contributed by atoms with Crippen molar-refractivity contribution < 1.29 is 4.74 Å². The molecule has 1 heterocycles. The molecule has 0 aliphatic heterocycles. The van der Waals surface area contributed by atoms with Gasteiger partial charge in [-0.2, -0.15) is 0 Å². The van der Waals surface area contributed by atoms with E-state index < -0.39 is 0 Å². The van der Waals surface area contributed by atoms with Gasteiger partial charge in [-0.05, 0) is 20.4 Å². The molecule has 1 atom stereocenters. The molecule has 0 aliphatic rings. The van der Waals surface area contributed by atoms with Crippen LogP contribution >= 0.6 is 0 Å². The van der Waals surface area contributed by atoms with Crippen molar-refractivity contribution in [1.29, 1.82) is 0 Å². The molecule has 0 fully saturated rings. The highest BCUT2D eigenvalue weighted by Crippen LogP contribution is 2.04. The summed E-state index contributed by atoms with van der Waals surface area (Å²) < 4.78 is 4.94. The first kappa shape index (κ1) is 12.5. The first-order valence-electron chi connectivity index (χ1n) is 5.28. The van der Waals surface area contributed by atoms with Gasteiger partial charge in [0.15, 0.2) is 5.75 Å². The van der Waals surface area contributed by atoms with Crippen LogP contribution in [0.1, 0.15) is 18.9 Å². The molecule has 0 aliphatic carbocycles. The number of pyridine rings is 1. The summed E-state index contributed by atoms with van der Waals surface area (Å²) in [6.45, 7) is 2.08. The molecule has 1 unspecified atom stereocenters. The second-order valence-electron chi connectivity index (χ2n) is 3.64. The minimum Gasteiger partial charge on any atom is -0.491 e. The SMILES string of the molecule is CNC(C)C/C=C/c1c[nH]cc(OC)c1=O. The smallest absolute Gasteiger partial charge is 0.230 e. The fraction of sp³-hybridized carbons (Fsp3) is 0.417. The summed E-state index contributed by atoms with van der Waals surface area (Å²) in [7, 11) is 3.40. The minimum absolute atomic E-state index is 0.0883. The summed E-state index contributed by atoms with van der Waals surface area (Å²) in [5, 5.41) is 3.13. The fourth-order valence-electron chi connectivity index (χ4n) is 1.27. The standard InChI is InChI=1S/C12H18N2O2/c1-9(13-2)5-4-6-10-7-14-8-11(16-3)12(10)15/h4,6-9,13H,5H2,1-3H3,(H,14,15)/b6-4+. The van der Waals surface area contributed by atoms with E-state index in [1.807, 2.05) is 19.2 Å². The molecule has 1 rings (SSSR count). The normalized spacial score (nSPS) is 12.9. The second kappa shape index (κ2) is 6.12. The second-order valence-corrected chi connectivity index (χ2v) is 3.64. The summed E-state index contributed by atoms with van der Waals surface area (Å²) in [5.41, 5.74) is 0.525. The quantitative estimate of drug-likeness (QED) is 0.791. The third-order valence-electron chi connectivity index (χ3n) is 2.44. The molecule has 1 aromatic rings. The summed E-state index contributed by atoms with van der Waals surface area (Å²) in [6, 6.07) is 0.404. The summed E-state index contributed by atoms with van der Waals surface area (Å²) in [5.74, 6) is 0.337. The molecule has 2 N–H and O–H groups in total. The van der Waals surface area contributed by atoms with Gasteiger partial charge in [0.1, 0.15) is 0 Å². The van der Waals surface area contributed by atoms with Crippen molar-refractivity contribution in [1.82, 2.24) is 10.3 Å². The molecular formula is C12H18N2O2. The number of nitrogens with one attached hydrogen (secondary N) is 2. The van der Waals surface area contributed by atoms with E-state index in [1.54, 1.807) is 12.4 Å². The van der Waals surface area contributed by atoms with Crippen molar-refractivity contribution in [3.8, 4) is 5.75 Å². The summed E-state index contributed by atoms with van der Waals surface area (Å²) >= 11 is 0. The molecule has 0 aromatic carbocycles. The largest absolute Gasteiger partial charge is 0.491 e. The van der Waals surface area contributed by atoms with Crippen LogP contribution in [-0.2, 0) is 0 Å². The molecule has 4 nitrogen and oxygen atoms in total. The van der Waals surface area contributed by atoms with Crippen molar-refractivity contribution in [3.63, 3.8) is 0 Å². The number of H-pyrrole nitrogens is 1. The molecular weight excluding hydrogens is 204 g/mol. The summed E-state index contributed by atoms with van der Waals surface area (Å²) in [4.78, 5) is 14.6. The van der Waals surface area contributed by atoms with Crippen molar-refractivity contribution in [2.24, 2.45) is 0 Å². The fourth-order valence-corrected chi connectivity index (χ4v) is 1.27. The van der Waals surface area contributed by atoms with Gasteiger partial charge >= 0.3 is 0 Å². The highest BCUT2D eigenvalue weighted by Gasteiger charge is 2.02. The molecule has 88 valence electrons. The maximum Gasteiger partial charge on any atom is 0.230 e. The molecule has 0 spiro atoms. The molecule has 1 aromatic heterocycles. The van der Waals surface area contributed by atoms with Gasteiger partial charge in [0.25, 0.3) is 0 Å². The lowest BCUT2D eigenvalue weighted by molar-refractivity contribution is 0.409. The van der Waals surface area contributed by atoms with Crippen LogP contribution in [0, 0.1) is 0 Å². The van der Waals surface area contributed by atoms with E-state index in [2.05, 4.69) is 17.2 Å². The number of ether oxygens (including phenoxy) is 1. The molecule has 0 saturated carbocycles. The highest BCUT2D eigenvalue weighted by molar-refractivity contribution is 5.49. The van der Waals surface area contributed by atoms with Gasteiger partial charge in [-0.15, -0.1) is 0 Å². The van der Waals surface area contributed by atoms with E-state index in [1.165, 1.54) is 7.11 Å². The van der Waals surface area contributed by atoms with Crippen LogP contribution in [0.5, 0.6) is 5.75 Å². The average Bonchev–Trinajstić information content (AvgIpc) is 2.31. The van der Waals surface area contributed by atoms with E-state index in [9.17, 15) is 4.79 Å². The Balaban J connectivity index is 2.78. The third kappa shape index (κ3) is 3.24. The molecule has 0 bridgehead atoms. The van der Waals surface area contributed by atoms with Gasteiger partial charge in [0, 0.05) is 24.0 Å². The van der Waals surface area contributed by atoms with Crippen LogP contribution in [0.2, 0.25) is 0 Å². The molecule has 4 heteroatoms. The molecule has 0 saturated heterocycles. The Kier molecular flexibility index (Phi) is 4.79. The number of rotatable bonds is 5. The zero-order valence-corrected chi connectivity index (χ0v) is 9.91. The van der Waals surface area contributed by atoms with Crippen LogP contribution < -0.4 is 15.5 Å². The zero-order chi connectivity index (χ0) is 12.0. The van der Waals surface area contributed by atoms with E-state index in [0.717, 1.165) is 6.42 Å². The monoisotopic (exact) mass is 222 g/mol. The Morgan fingerprint density at radius 1 is 1.56 bits per heavy atom. The van der Waals surface area contributed by atoms with Gasteiger partial charge in [-0.3, -0.25) is 4.79 Å². The van der Waals surface area contributed by atoms with Crippen LogP contribution in [0.3, 0.4) is 0 Å². The Bertz CT molecular complexity index is 410. The van der Waals surface area contributed by atoms with Gasteiger partial charge in [-0.1, -0.05) is 12.2 Å². The Morgan fingerprint density at radius 3 is 2.94 bits per heavy atom. The Labute approximate surface area is 95.3 Å². The van der Waals surface area contributed by atoms with Gasteiger partial charge < -0.3 is 15.0 Å². The molecule has 0 radical (unpaired) electrons. The van der Waals surface area contributed by atoms with Crippen molar-refractivity contribution >= 4 is 6.08 Å². The molecule has 0 amide bonds. The zero-order valence-electron chi connectivity index (χ0n) is 9.91. The predicted octanol–water partition coefficient (Wildman–Crippen LogP) is 1.39. The van der Waals surface area contributed by atoms with Gasteiger partial charge in [-0.25, -0.2) is 0 Å². The lowest BCUT2D eigenvalue weighted by Crippen LogP contribution is -2.19. The lowest BCUT2D eigenvalue weighted by Gasteiger charge is -2.05. The van der Waals surface area contributed by atoms with Gasteiger partial charge in [0.2, 0.25) is 5.43 Å². The Hall–Kier alpha value is -1.55. The number of aromatic nitrogens is 1.